The summed E-state index contributed by atoms with van der Waals surface area (Å²) in [4.78, 5) is 26.0. The van der Waals surface area contributed by atoms with Crippen LogP contribution in [0.25, 0.3) is 0 Å². The van der Waals surface area contributed by atoms with Gasteiger partial charge in [-0.1, -0.05) is 24.3 Å². The van der Waals surface area contributed by atoms with E-state index < -0.39 is 0 Å². The summed E-state index contributed by atoms with van der Waals surface area (Å²) in [5.41, 5.74) is 3.01. The Balaban J connectivity index is 1.01. The molecule has 3 aromatic rings. The lowest BCUT2D eigenvalue weighted by molar-refractivity contribution is -0.0326. The second-order valence-electron chi connectivity index (χ2n) is 9.99. The molecular weight excluding hydrogens is 428 g/mol. The SMILES string of the molecule is O=c1cc(CN2CCc3ccccc3C2)occ1OC1CC2(CCN(c3ncccn3)CC2)C1. The molecule has 0 bridgehead atoms. The van der Waals surface area contributed by atoms with Crippen LogP contribution in [0.2, 0.25) is 0 Å². The van der Waals surface area contributed by atoms with Crippen LogP contribution in [0.1, 0.15) is 42.6 Å². The summed E-state index contributed by atoms with van der Waals surface area (Å²) in [6, 6.07) is 12.0. The van der Waals surface area contributed by atoms with Crippen molar-refractivity contribution in [3.05, 3.63) is 82.2 Å². The number of nitrogens with zero attached hydrogens (tertiary/aromatic N) is 4. The zero-order chi connectivity index (χ0) is 23.0. The number of ether oxygens (including phenoxy) is 1. The Morgan fingerprint density at radius 2 is 1.79 bits per heavy atom. The van der Waals surface area contributed by atoms with Crippen molar-refractivity contribution in [2.45, 2.75) is 51.3 Å². The molecule has 7 nitrogen and oxygen atoms in total. The fraction of sp³-hybridized carbons (Fsp3) is 0.444. The molecule has 0 N–H and O–H groups in total. The van der Waals surface area contributed by atoms with Crippen molar-refractivity contribution in [2.75, 3.05) is 24.5 Å². The minimum absolute atomic E-state index is 0.0874. The van der Waals surface area contributed by atoms with Gasteiger partial charge in [-0.25, -0.2) is 9.97 Å². The molecule has 34 heavy (non-hydrogen) atoms. The maximum atomic E-state index is 12.7. The molecule has 7 heteroatoms. The van der Waals surface area contributed by atoms with E-state index in [9.17, 15) is 4.79 Å². The number of hydrogen-bond acceptors (Lipinski definition) is 7. The average molecular weight is 459 g/mol. The molecule has 1 aliphatic carbocycles. The number of anilines is 1. The first kappa shape index (κ1) is 21.4. The quantitative estimate of drug-likeness (QED) is 0.576. The Hall–Kier alpha value is -3.19. The summed E-state index contributed by atoms with van der Waals surface area (Å²) < 4.78 is 11.9. The van der Waals surface area contributed by atoms with E-state index in [-0.39, 0.29) is 11.5 Å². The maximum Gasteiger partial charge on any atom is 0.227 e. The molecule has 2 fully saturated rings. The lowest BCUT2D eigenvalue weighted by Crippen LogP contribution is -2.51. The molecule has 0 unspecified atom stereocenters. The van der Waals surface area contributed by atoms with Crippen LogP contribution in [-0.2, 0) is 19.5 Å². The average Bonchev–Trinajstić information content (AvgIpc) is 2.85. The summed E-state index contributed by atoms with van der Waals surface area (Å²) in [7, 11) is 0. The van der Waals surface area contributed by atoms with Crippen molar-refractivity contribution in [1.82, 2.24) is 14.9 Å². The van der Waals surface area contributed by atoms with E-state index in [1.54, 1.807) is 18.5 Å². The minimum Gasteiger partial charge on any atom is -0.483 e. The van der Waals surface area contributed by atoms with Gasteiger partial charge < -0.3 is 14.1 Å². The van der Waals surface area contributed by atoms with Crippen LogP contribution in [-0.4, -0.2) is 40.6 Å². The second-order valence-corrected chi connectivity index (χ2v) is 9.99. The highest BCUT2D eigenvalue weighted by Gasteiger charge is 2.47. The highest BCUT2D eigenvalue weighted by molar-refractivity contribution is 5.31. The molecule has 1 saturated heterocycles. The summed E-state index contributed by atoms with van der Waals surface area (Å²) in [6.45, 7) is 4.42. The van der Waals surface area contributed by atoms with Gasteiger partial charge in [-0.15, -0.1) is 0 Å². The van der Waals surface area contributed by atoms with Gasteiger partial charge in [0.2, 0.25) is 17.1 Å². The Bertz CT molecular complexity index is 1200. The molecule has 0 radical (unpaired) electrons. The molecule has 0 amide bonds. The molecule has 1 aromatic carbocycles. The molecule has 1 spiro atoms. The zero-order valence-corrected chi connectivity index (χ0v) is 19.4. The van der Waals surface area contributed by atoms with Crippen molar-refractivity contribution in [3.63, 3.8) is 0 Å². The Labute approximate surface area is 199 Å². The summed E-state index contributed by atoms with van der Waals surface area (Å²) in [6.07, 6.45) is 10.4. The first-order valence-electron chi connectivity index (χ1n) is 12.3. The van der Waals surface area contributed by atoms with Gasteiger partial charge in [-0.2, -0.15) is 0 Å². The van der Waals surface area contributed by atoms with Crippen molar-refractivity contribution in [2.24, 2.45) is 5.41 Å². The lowest BCUT2D eigenvalue weighted by atomic mass is 9.61. The van der Waals surface area contributed by atoms with Crippen molar-refractivity contribution in [1.29, 1.82) is 0 Å². The summed E-state index contributed by atoms with van der Waals surface area (Å²) >= 11 is 0. The second kappa shape index (κ2) is 8.87. The summed E-state index contributed by atoms with van der Waals surface area (Å²) in [5.74, 6) is 1.84. The fourth-order valence-electron chi connectivity index (χ4n) is 5.73. The number of aromatic nitrogens is 2. The molecule has 176 valence electrons. The van der Waals surface area contributed by atoms with Crippen LogP contribution >= 0.6 is 0 Å². The molecule has 2 aliphatic heterocycles. The largest absolute Gasteiger partial charge is 0.483 e. The first-order valence-corrected chi connectivity index (χ1v) is 12.3. The first-order chi connectivity index (χ1) is 16.7. The van der Waals surface area contributed by atoms with Gasteiger partial charge >= 0.3 is 0 Å². The standard InChI is InChI=1S/C27H30N4O3/c32-24-14-22(18-30-11-6-20-4-1-2-5-21(20)17-30)33-19-25(24)34-23-15-27(16-23)7-12-31(13-8-27)26-28-9-3-10-29-26/h1-5,9-10,14,19,23H,6-8,11-13,15-18H2. The van der Waals surface area contributed by atoms with E-state index >= 15 is 0 Å². The molecule has 1 saturated carbocycles. The molecule has 6 rings (SSSR count). The van der Waals surface area contributed by atoms with Crippen LogP contribution in [0.3, 0.4) is 0 Å². The topological polar surface area (TPSA) is 71.7 Å². The monoisotopic (exact) mass is 458 g/mol. The van der Waals surface area contributed by atoms with Gasteiger partial charge in [0.1, 0.15) is 18.1 Å². The van der Waals surface area contributed by atoms with Gasteiger partial charge in [0.25, 0.3) is 0 Å². The number of fused-ring (bicyclic) bond motifs is 1. The van der Waals surface area contributed by atoms with E-state index in [1.807, 2.05) is 6.07 Å². The molecular formula is C27H30N4O3. The Morgan fingerprint density at radius 3 is 2.56 bits per heavy atom. The predicted octanol–water partition coefficient (Wildman–Crippen LogP) is 3.82. The van der Waals surface area contributed by atoms with Gasteiger partial charge in [0.05, 0.1) is 6.54 Å². The van der Waals surface area contributed by atoms with Crippen LogP contribution in [0.15, 0.2) is 64.3 Å². The third-order valence-electron chi connectivity index (χ3n) is 7.72. The van der Waals surface area contributed by atoms with Crippen LogP contribution in [0.5, 0.6) is 5.75 Å². The predicted molar refractivity (Wildman–Crippen MR) is 129 cm³/mol. The van der Waals surface area contributed by atoms with Crippen molar-refractivity contribution >= 4 is 5.95 Å². The van der Waals surface area contributed by atoms with E-state index in [4.69, 9.17) is 9.15 Å². The van der Waals surface area contributed by atoms with E-state index in [0.717, 1.165) is 64.2 Å². The van der Waals surface area contributed by atoms with Gasteiger partial charge in [0.15, 0.2) is 0 Å². The zero-order valence-electron chi connectivity index (χ0n) is 19.4. The number of benzene rings is 1. The van der Waals surface area contributed by atoms with Crippen molar-refractivity contribution in [3.8, 4) is 5.75 Å². The normalized spacial score (nSPS) is 20.1. The number of hydrogen-bond donors (Lipinski definition) is 0. The Morgan fingerprint density at radius 1 is 1.03 bits per heavy atom. The van der Waals surface area contributed by atoms with E-state index in [0.29, 0.717) is 23.5 Å². The van der Waals surface area contributed by atoms with Gasteiger partial charge in [-0.05, 0) is 54.7 Å². The molecule has 0 atom stereocenters. The van der Waals surface area contributed by atoms with Crippen LogP contribution in [0, 0.1) is 5.41 Å². The minimum atomic E-state index is -0.0874. The highest BCUT2D eigenvalue weighted by Crippen LogP contribution is 2.50. The molecule has 2 aromatic heterocycles. The smallest absolute Gasteiger partial charge is 0.227 e. The third kappa shape index (κ3) is 4.32. The van der Waals surface area contributed by atoms with E-state index in [1.165, 1.54) is 17.4 Å². The lowest BCUT2D eigenvalue weighted by Gasteiger charge is -2.51. The van der Waals surface area contributed by atoms with Gasteiger partial charge in [0, 0.05) is 44.6 Å². The number of piperidine rings is 1. The fourth-order valence-corrected chi connectivity index (χ4v) is 5.73. The highest BCUT2D eigenvalue weighted by atomic mass is 16.5. The summed E-state index contributed by atoms with van der Waals surface area (Å²) in [5, 5.41) is 0. The maximum absolute atomic E-state index is 12.7. The van der Waals surface area contributed by atoms with Crippen molar-refractivity contribution < 1.29 is 9.15 Å². The van der Waals surface area contributed by atoms with Crippen LogP contribution in [0.4, 0.5) is 5.95 Å². The number of rotatable bonds is 5. The van der Waals surface area contributed by atoms with E-state index in [2.05, 4.69) is 44.0 Å². The molecule has 3 aliphatic rings. The molecule has 4 heterocycles. The van der Waals surface area contributed by atoms with Gasteiger partial charge in [-0.3, -0.25) is 9.69 Å². The van der Waals surface area contributed by atoms with Crippen LogP contribution < -0.4 is 15.1 Å². The third-order valence-corrected chi connectivity index (χ3v) is 7.72. The Kier molecular flexibility index (Phi) is 5.57.